The zero-order chi connectivity index (χ0) is 13.8. The Morgan fingerprint density at radius 3 is 2.56 bits per heavy atom. The van der Waals surface area contributed by atoms with Crippen molar-refractivity contribution in [1.29, 1.82) is 0 Å². The minimum Gasteiger partial charge on any atom is -0.354 e. The molecule has 1 amide bonds. The highest BCUT2D eigenvalue weighted by atomic mass is 19.4. The van der Waals surface area contributed by atoms with E-state index in [1.54, 1.807) is 0 Å². The monoisotopic (exact) mass is 266 g/mol. The fourth-order valence-electron chi connectivity index (χ4n) is 2.34. The number of carbonyl (C=O) groups excluding carboxylic acids is 1. The van der Waals surface area contributed by atoms with Gasteiger partial charge in [0.25, 0.3) is 0 Å². The SMILES string of the molecule is CCC(N)CNC(=O)C1CCCCC1C(F)(F)F. The molecule has 3 nitrogen and oxygen atoms in total. The molecule has 1 saturated carbocycles. The maximum atomic E-state index is 12.8. The van der Waals surface area contributed by atoms with Crippen molar-refractivity contribution in [3.63, 3.8) is 0 Å². The summed E-state index contributed by atoms with van der Waals surface area (Å²) in [6, 6.07) is -0.193. The van der Waals surface area contributed by atoms with Crippen LogP contribution in [0.15, 0.2) is 0 Å². The van der Waals surface area contributed by atoms with Crippen LogP contribution in [0, 0.1) is 11.8 Å². The minimum absolute atomic E-state index is 0.0570. The van der Waals surface area contributed by atoms with Crippen molar-refractivity contribution in [3.05, 3.63) is 0 Å². The van der Waals surface area contributed by atoms with E-state index in [1.807, 2.05) is 6.92 Å². The molecule has 0 aromatic heterocycles. The van der Waals surface area contributed by atoms with E-state index in [-0.39, 0.29) is 19.0 Å². The Hall–Kier alpha value is -0.780. The first-order valence-electron chi connectivity index (χ1n) is 6.46. The molecule has 0 radical (unpaired) electrons. The Morgan fingerprint density at radius 2 is 2.00 bits per heavy atom. The number of carbonyl (C=O) groups is 1. The van der Waals surface area contributed by atoms with Gasteiger partial charge >= 0.3 is 6.18 Å². The summed E-state index contributed by atoms with van der Waals surface area (Å²) in [6.45, 7) is 2.12. The van der Waals surface area contributed by atoms with Gasteiger partial charge in [-0.3, -0.25) is 4.79 Å². The van der Waals surface area contributed by atoms with Crippen molar-refractivity contribution in [1.82, 2.24) is 5.32 Å². The van der Waals surface area contributed by atoms with Crippen molar-refractivity contribution < 1.29 is 18.0 Å². The number of hydrogen-bond donors (Lipinski definition) is 2. The van der Waals surface area contributed by atoms with Gasteiger partial charge in [-0.1, -0.05) is 19.8 Å². The van der Waals surface area contributed by atoms with Crippen LogP contribution in [-0.2, 0) is 4.79 Å². The first kappa shape index (κ1) is 15.3. The summed E-state index contributed by atoms with van der Waals surface area (Å²) in [6.07, 6.45) is -1.99. The second-order valence-corrected chi connectivity index (χ2v) is 4.95. The fourth-order valence-corrected chi connectivity index (χ4v) is 2.34. The van der Waals surface area contributed by atoms with Gasteiger partial charge in [-0.15, -0.1) is 0 Å². The molecule has 3 unspecified atom stereocenters. The summed E-state index contributed by atoms with van der Waals surface area (Å²) >= 11 is 0. The minimum atomic E-state index is -4.28. The number of halogens is 3. The first-order valence-corrected chi connectivity index (χ1v) is 6.46. The number of hydrogen-bond acceptors (Lipinski definition) is 2. The summed E-state index contributed by atoms with van der Waals surface area (Å²) in [5, 5.41) is 2.54. The molecule has 0 aliphatic heterocycles. The topological polar surface area (TPSA) is 55.1 Å². The molecule has 1 aliphatic carbocycles. The highest BCUT2D eigenvalue weighted by Gasteiger charge is 2.47. The average molecular weight is 266 g/mol. The first-order chi connectivity index (χ1) is 8.36. The molecular formula is C12H21F3N2O. The van der Waals surface area contributed by atoms with Crippen molar-refractivity contribution in [2.24, 2.45) is 17.6 Å². The summed E-state index contributed by atoms with van der Waals surface area (Å²) in [7, 11) is 0. The summed E-state index contributed by atoms with van der Waals surface area (Å²) < 4.78 is 38.4. The van der Waals surface area contributed by atoms with Crippen LogP contribution in [-0.4, -0.2) is 24.7 Å². The Morgan fingerprint density at radius 1 is 1.39 bits per heavy atom. The van der Waals surface area contributed by atoms with Gasteiger partial charge in [0.05, 0.1) is 5.92 Å². The number of rotatable bonds is 4. The van der Waals surface area contributed by atoms with Gasteiger partial charge in [-0.05, 0) is 19.3 Å². The zero-order valence-electron chi connectivity index (χ0n) is 10.6. The maximum Gasteiger partial charge on any atom is 0.392 e. The van der Waals surface area contributed by atoms with Gasteiger partial charge in [0.2, 0.25) is 5.91 Å². The Balaban J connectivity index is 2.58. The molecular weight excluding hydrogens is 245 g/mol. The van der Waals surface area contributed by atoms with E-state index in [2.05, 4.69) is 5.32 Å². The molecule has 0 saturated heterocycles. The predicted octanol–water partition coefficient (Wildman–Crippen LogP) is 2.21. The van der Waals surface area contributed by atoms with Crippen molar-refractivity contribution in [2.75, 3.05) is 6.54 Å². The van der Waals surface area contributed by atoms with Gasteiger partial charge in [0.15, 0.2) is 0 Å². The highest BCUT2D eigenvalue weighted by Crippen LogP contribution is 2.41. The van der Waals surface area contributed by atoms with E-state index in [0.29, 0.717) is 25.7 Å². The number of alkyl halides is 3. The molecule has 0 heterocycles. The fraction of sp³-hybridized carbons (Fsp3) is 0.917. The average Bonchev–Trinajstić information content (AvgIpc) is 2.34. The molecule has 1 fully saturated rings. The van der Waals surface area contributed by atoms with Gasteiger partial charge in [0, 0.05) is 18.5 Å². The molecule has 0 aromatic rings. The molecule has 3 atom stereocenters. The lowest BCUT2D eigenvalue weighted by molar-refractivity contribution is -0.198. The maximum absolute atomic E-state index is 12.8. The van der Waals surface area contributed by atoms with E-state index in [0.717, 1.165) is 0 Å². The van der Waals surface area contributed by atoms with Crippen LogP contribution in [0.5, 0.6) is 0 Å². The predicted molar refractivity (Wildman–Crippen MR) is 62.8 cm³/mol. The molecule has 0 spiro atoms. The van der Waals surface area contributed by atoms with Crippen LogP contribution in [0.25, 0.3) is 0 Å². The second kappa shape index (κ2) is 6.41. The molecule has 1 aliphatic rings. The number of nitrogens with two attached hydrogens (primary N) is 1. The van der Waals surface area contributed by atoms with Crippen LogP contribution >= 0.6 is 0 Å². The van der Waals surface area contributed by atoms with E-state index >= 15 is 0 Å². The zero-order valence-corrected chi connectivity index (χ0v) is 10.6. The Kier molecular flexibility index (Phi) is 5.44. The molecule has 3 N–H and O–H groups in total. The van der Waals surface area contributed by atoms with Gasteiger partial charge in [-0.2, -0.15) is 13.2 Å². The third-order valence-electron chi connectivity index (χ3n) is 3.59. The van der Waals surface area contributed by atoms with Crippen LogP contribution in [0.1, 0.15) is 39.0 Å². The molecule has 0 bridgehead atoms. The Labute approximate surface area is 105 Å². The van der Waals surface area contributed by atoms with Crippen molar-refractivity contribution in [2.45, 2.75) is 51.2 Å². The third-order valence-corrected chi connectivity index (χ3v) is 3.59. The third kappa shape index (κ3) is 4.15. The van der Waals surface area contributed by atoms with Crippen LogP contribution < -0.4 is 11.1 Å². The Bertz CT molecular complexity index is 281. The molecule has 6 heteroatoms. The van der Waals surface area contributed by atoms with E-state index < -0.39 is 23.9 Å². The normalized spacial score (nSPS) is 26.7. The number of nitrogens with one attached hydrogen (secondary N) is 1. The number of amides is 1. The largest absolute Gasteiger partial charge is 0.392 e. The van der Waals surface area contributed by atoms with Gasteiger partial charge in [0.1, 0.15) is 0 Å². The van der Waals surface area contributed by atoms with E-state index in [1.165, 1.54) is 0 Å². The quantitative estimate of drug-likeness (QED) is 0.819. The summed E-state index contributed by atoms with van der Waals surface area (Å²) in [5.74, 6) is -2.94. The molecule has 1 rings (SSSR count). The highest BCUT2D eigenvalue weighted by molar-refractivity contribution is 5.79. The van der Waals surface area contributed by atoms with Crippen LogP contribution in [0.3, 0.4) is 0 Å². The molecule has 18 heavy (non-hydrogen) atoms. The van der Waals surface area contributed by atoms with Gasteiger partial charge in [-0.25, -0.2) is 0 Å². The second-order valence-electron chi connectivity index (χ2n) is 4.95. The van der Waals surface area contributed by atoms with Crippen LogP contribution in [0.2, 0.25) is 0 Å². The summed E-state index contributed by atoms with van der Waals surface area (Å²) in [4.78, 5) is 11.8. The molecule has 106 valence electrons. The van der Waals surface area contributed by atoms with Crippen molar-refractivity contribution >= 4 is 5.91 Å². The van der Waals surface area contributed by atoms with Gasteiger partial charge < -0.3 is 11.1 Å². The lowest BCUT2D eigenvalue weighted by atomic mass is 9.78. The van der Waals surface area contributed by atoms with Crippen molar-refractivity contribution in [3.8, 4) is 0 Å². The lowest BCUT2D eigenvalue weighted by Crippen LogP contribution is -2.45. The van der Waals surface area contributed by atoms with Crippen LogP contribution in [0.4, 0.5) is 13.2 Å². The van der Waals surface area contributed by atoms with E-state index in [4.69, 9.17) is 5.73 Å². The standard InChI is InChI=1S/C12H21F3N2O/c1-2-8(16)7-17-11(18)9-5-3-4-6-10(9)12(13,14)15/h8-10H,2-7,16H2,1H3,(H,17,18). The summed E-state index contributed by atoms with van der Waals surface area (Å²) in [5.41, 5.74) is 5.63. The lowest BCUT2D eigenvalue weighted by Gasteiger charge is -2.32. The van der Waals surface area contributed by atoms with E-state index in [9.17, 15) is 18.0 Å². The smallest absolute Gasteiger partial charge is 0.354 e. The molecule has 0 aromatic carbocycles.